The minimum absolute atomic E-state index is 0.262. The zero-order valence-corrected chi connectivity index (χ0v) is 10.0. The first-order valence-electron chi connectivity index (χ1n) is 6.50. The number of nitrogens with two attached hydrogens (primary N) is 1. The highest BCUT2D eigenvalue weighted by molar-refractivity contribution is 5.05. The van der Waals surface area contributed by atoms with Gasteiger partial charge < -0.3 is 15.0 Å². The molecular weight excluding hydrogens is 218 g/mol. The van der Waals surface area contributed by atoms with Crippen LogP contribution in [0.5, 0.6) is 0 Å². The fourth-order valence-corrected chi connectivity index (χ4v) is 2.77. The normalized spacial score (nSPS) is 27.7. The van der Waals surface area contributed by atoms with Crippen LogP contribution in [0.25, 0.3) is 0 Å². The average Bonchev–Trinajstić information content (AvgIpc) is 3.00. The monoisotopic (exact) mass is 237 g/mol. The Morgan fingerprint density at radius 2 is 2.12 bits per heavy atom. The second kappa shape index (κ2) is 4.38. The molecule has 1 aliphatic heterocycles. The van der Waals surface area contributed by atoms with Crippen molar-refractivity contribution in [3.05, 3.63) is 11.7 Å². The predicted molar refractivity (Wildman–Crippen MR) is 61.3 cm³/mol. The zero-order valence-electron chi connectivity index (χ0n) is 10.0. The van der Waals surface area contributed by atoms with Crippen molar-refractivity contribution in [2.75, 3.05) is 6.61 Å². The highest BCUT2D eigenvalue weighted by Gasteiger charge is 2.37. The van der Waals surface area contributed by atoms with Gasteiger partial charge in [0.15, 0.2) is 5.82 Å². The van der Waals surface area contributed by atoms with E-state index in [1.807, 2.05) is 0 Å². The Morgan fingerprint density at radius 3 is 2.82 bits per heavy atom. The maximum absolute atomic E-state index is 6.27. The topological polar surface area (TPSA) is 74.2 Å². The summed E-state index contributed by atoms with van der Waals surface area (Å²) >= 11 is 0. The summed E-state index contributed by atoms with van der Waals surface area (Å²) in [5.41, 5.74) is 5.90. The molecule has 17 heavy (non-hydrogen) atoms. The fraction of sp³-hybridized carbons (Fsp3) is 0.833. The smallest absolute Gasteiger partial charge is 0.246 e. The molecule has 0 bridgehead atoms. The van der Waals surface area contributed by atoms with Gasteiger partial charge in [0.1, 0.15) is 0 Å². The van der Waals surface area contributed by atoms with Gasteiger partial charge in [-0.15, -0.1) is 0 Å². The first-order valence-corrected chi connectivity index (χ1v) is 6.50. The molecule has 1 saturated heterocycles. The SMILES string of the molecule is NC1(c2nc(CC3CCCO3)no2)CCCC1. The molecule has 94 valence electrons. The maximum atomic E-state index is 6.27. The molecule has 1 aromatic rings. The van der Waals surface area contributed by atoms with Gasteiger partial charge in [0, 0.05) is 13.0 Å². The van der Waals surface area contributed by atoms with Crippen LogP contribution in [0.1, 0.15) is 50.2 Å². The summed E-state index contributed by atoms with van der Waals surface area (Å²) in [6.07, 6.45) is 7.45. The van der Waals surface area contributed by atoms with Gasteiger partial charge in [-0.1, -0.05) is 18.0 Å². The van der Waals surface area contributed by atoms with Crippen LogP contribution in [0.3, 0.4) is 0 Å². The van der Waals surface area contributed by atoms with Crippen LogP contribution in [-0.2, 0) is 16.7 Å². The van der Waals surface area contributed by atoms with Crippen molar-refractivity contribution in [1.29, 1.82) is 0 Å². The molecule has 1 saturated carbocycles. The second-order valence-electron chi connectivity index (χ2n) is 5.22. The number of hydrogen-bond donors (Lipinski definition) is 1. The fourth-order valence-electron chi connectivity index (χ4n) is 2.77. The van der Waals surface area contributed by atoms with Crippen molar-refractivity contribution in [2.45, 2.75) is 56.6 Å². The van der Waals surface area contributed by atoms with E-state index < -0.39 is 0 Å². The van der Waals surface area contributed by atoms with Crippen molar-refractivity contribution in [3.63, 3.8) is 0 Å². The summed E-state index contributed by atoms with van der Waals surface area (Å²) in [6, 6.07) is 0. The number of aromatic nitrogens is 2. The lowest BCUT2D eigenvalue weighted by Crippen LogP contribution is -2.33. The minimum atomic E-state index is -0.373. The van der Waals surface area contributed by atoms with E-state index in [4.69, 9.17) is 15.0 Å². The molecule has 0 aromatic carbocycles. The average molecular weight is 237 g/mol. The first kappa shape index (κ1) is 11.2. The summed E-state index contributed by atoms with van der Waals surface area (Å²) in [6.45, 7) is 0.857. The second-order valence-corrected chi connectivity index (χ2v) is 5.22. The van der Waals surface area contributed by atoms with Crippen LogP contribution in [0, 0.1) is 0 Å². The molecule has 0 radical (unpaired) electrons. The maximum Gasteiger partial charge on any atom is 0.246 e. The molecular formula is C12H19N3O2. The van der Waals surface area contributed by atoms with E-state index >= 15 is 0 Å². The van der Waals surface area contributed by atoms with E-state index in [1.54, 1.807) is 0 Å². The van der Waals surface area contributed by atoms with Crippen molar-refractivity contribution >= 4 is 0 Å². The van der Waals surface area contributed by atoms with Crippen molar-refractivity contribution in [3.8, 4) is 0 Å². The largest absolute Gasteiger partial charge is 0.378 e. The van der Waals surface area contributed by atoms with Gasteiger partial charge in [0.25, 0.3) is 0 Å². The zero-order chi connectivity index (χ0) is 11.7. The van der Waals surface area contributed by atoms with Crippen LogP contribution in [-0.4, -0.2) is 22.9 Å². The minimum Gasteiger partial charge on any atom is -0.378 e. The number of ether oxygens (including phenoxy) is 1. The number of hydrogen-bond acceptors (Lipinski definition) is 5. The van der Waals surface area contributed by atoms with Gasteiger partial charge >= 0.3 is 0 Å². The summed E-state index contributed by atoms with van der Waals surface area (Å²) in [5.74, 6) is 1.35. The van der Waals surface area contributed by atoms with Gasteiger partial charge in [-0.05, 0) is 25.7 Å². The van der Waals surface area contributed by atoms with Crippen molar-refractivity contribution < 1.29 is 9.26 Å². The lowest BCUT2D eigenvalue weighted by molar-refractivity contribution is 0.109. The summed E-state index contributed by atoms with van der Waals surface area (Å²) < 4.78 is 10.9. The van der Waals surface area contributed by atoms with Gasteiger partial charge in [-0.25, -0.2) is 0 Å². The molecule has 0 spiro atoms. The van der Waals surface area contributed by atoms with Crippen LogP contribution in [0.2, 0.25) is 0 Å². The molecule has 1 atom stereocenters. The molecule has 2 heterocycles. The molecule has 5 heteroatoms. The van der Waals surface area contributed by atoms with E-state index in [0.717, 1.165) is 57.4 Å². The molecule has 0 amide bonds. The molecule has 5 nitrogen and oxygen atoms in total. The van der Waals surface area contributed by atoms with Gasteiger partial charge in [-0.3, -0.25) is 0 Å². The van der Waals surface area contributed by atoms with Crippen molar-refractivity contribution in [1.82, 2.24) is 10.1 Å². The van der Waals surface area contributed by atoms with E-state index in [1.165, 1.54) is 0 Å². The Balaban J connectivity index is 1.69. The third-order valence-corrected chi connectivity index (χ3v) is 3.82. The molecule has 3 rings (SSSR count). The van der Waals surface area contributed by atoms with Gasteiger partial charge in [0.05, 0.1) is 11.6 Å². The van der Waals surface area contributed by atoms with Gasteiger partial charge in [0.2, 0.25) is 5.89 Å². The van der Waals surface area contributed by atoms with E-state index in [2.05, 4.69) is 10.1 Å². The molecule has 2 fully saturated rings. The molecule has 2 N–H and O–H groups in total. The molecule has 1 aromatic heterocycles. The third kappa shape index (κ3) is 2.21. The first-order chi connectivity index (χ1) is 8.26. The van der Waals surface area contributed by atoms with Crippen LogP contribution in [0.4, 0.5) is 0 Å². The Bertz CT molecular complexity index is 379. The number of rotatable bonds is 3. The third-order valence-electron chi connectivity index (χ3n) is 3.82. The van der Waals surface area contributed by atoms with Crippen LogP contribution >= 0.6 is 0 Å². The molecule has 2 aliphatic rings. The van der Waals surface area contributed by atoms with E-state index in [9.17, 15) is 0 Å². The quantitative estimate of drug-likeness (QED) is 0.862. The standard InChI is InChI=1S/C12H19N3O2/c13-12(5-1-2-6-12)11-14-10(15-17-11)8-9-4-3-7-16-9/h9H,1-8,13H2. The summed E-state index contributed by atoms with van der Waals surface area (Å²) in [7, 11) is 0. The Labute approximate surface area is 101 Å². The predicted octanol–water partition coefficient (Wildman–Crippen LogP) is 1.52. The highest BCUT2D eigenvalue weighted by Crippen LogP contribution is 2.35. The Hall–Kier alpha value is -0.940. The molecule has 1 unspecified atom stereocenters. The number of nitrogens with zero attached hydrogens (tertiary/aromatic N) is 2. The van der Waals surface area contributed by atoms with E-state index in [-0.39, 0.29) is 11.6 Å². The lowest BCUT2D eigenvalue weighted by atomic mass is 9.99. The van der Waals surface area contributed by atoms with Gasteiger partial charge in [-0.2, -0.15) is 4.98 Å². The molecule has 1 aliphatic carbocycles. The Morgan fingerprint density at radius 1 is 1.29 bits per heavy atom. The van der Waals surface area contributed by atoms with Crippen LogP contribution in [0.15, 0.2) is 4.52 Å². The summed E-state index contributed by atoms with van der Waals surface area (Å²) in [4.78, 5) is 4.44. The van der Waals surface area contributed by atoms with E-state index in [0.29, 0.717) is 5.89 Å². The lowest BCUT2D eigenvalue weighted by Gasteiger charge is -2.17. The van der Waals surface area contributed by atoms with Crippen LogP contribution < -0.4 is 5.73 Å². The highest BCUT2D eigenvalue weighted by atomic mass is 16.5. The summed E-state index contributed by atoms with van der Waals surface area (Å²) in [5, 5.41) is 4.02. The Kier molecular flexibility index (Phi) is 2.88. The van der Waals surface area contributed by atoms with Crippen molar-refractivity contribution in [2.24, 2.45) is 5.73 Å².